The number of hydrogen-bond donors (Lipinski definition) is 2. The normalized spacial score (nSPS) is 20.1. The van der Waals surface area contributed by atoms with Gasteiger partial charge in [0.1, 0.15) is 10.6 Å². The molecule has 5 rings (SSSR count). The molecular weight excluding hydrogens is 398 g/mol. The molecule has 0 radical (unpaired) electrons. The molecule has 0 spiro atoms. The third-order valence-corrected chi connectivity index (χ3v) is 7.31. The van der Waals surface area contributed by atoms with Gasteiger partial charge in [0.2, 0.25) is 0 Å². The molecule has 1 aromatic carbocycles. The summed E-state index contributed by atoms with van der Waals surface area (Å²) in [5.41, 5.74) is 2.83. The third-order valence-electron chi connectivity index (χ3n) is 5.34. The topological polar surface area (TPSA) is 49.8 Å². The number of nitrogens with one attached hydrogen (secondary N) is 2. The molecule has 4 heterocycles. The summed E-state index contributed by atoms with van der Waals surface area (Å²) in [6.07, 6.45) is 3.42. The lowest BCUT2D eigenvalue weighted by Gasteiger charge is -2.29. The molecule has 1 aliphatic rings. The minimum Gasteiger partial charge on any atom is -0.350 e. The average Bonchev–Trinajstić information content (AvgIpc) is 3.31. The first-order valence-corrected chi connectivity index (χ1v) is 10.9. The van der Waals surface area contributed by atoms with Crippen LogP contribution >= 0.6 is 22.7 Å². The minimum absolute atomic E-state index is 0.213. The fraction of sp³-hybridized carbons (Fsp3) is 0.300. The predicted octanol–water partition coefficient (Wildman–Crippen LogP) is 5.78. The van der Waals surface area contributed by atoms with Crippen molar-refractivity contribution < 1.29 is 8.78 Å². The average molecular weight is 417 g/mol. The van der Waals surface area contributed by atoms with Crippen molar-refractivity contribution in [3.8, 4) is 0 Å². The molecule has 28 heavy (non-hydrogen) atoms. The molecule has 1 saturated heterocycles. The SMILES string of the molecule is C[C@H]1NCCC[C@@H]1c1cc2c(Nc3cc4ncsc4cc3F)c(F)cnc2s1. The second-order valence-electron chi connectivity index (χ2n) is 7.12. The highest BCUT2D eigenvalue weighted by Crippen LogP contribution is 2.40. The highest BCUT2D eigenvalue weighted by molar-refractivity contribution is 7.18. The number of pyridine rings is 1. The maximum atomic E-state index is 14.7. The monoisotopic (exact) mass is 416 g/mol. The van der Waals surface area contributed by atoms with Crippen LogP contribution < -0.4 is 10.6 Å². The van der Waals surface area contributed by atoms with Gasteiger partial charge in [-0.1, -0.05) is 0 Å². The van der Waals surface area contributed by atoms with Gasteiger partial charge in [0.25, 0.3) is 0 Å². The molecule has 0 unspecified atom stereocenters. The van der Waals surface area contributed by atoms with Gasteiger partial charge in [-0.15, -0.1) is 22.7 Å². The molecule has 0 aliphatic carbocycles. The van der Waals surface area contributed by atoms with Gasteiger partial charge in [-0.25, -0.2) is 18.7 Å². The maximum Gasteiger partial charge on any atom is 0.165 e. The Bertz CT molecular complexity index is 1170. The number of piperidine rings is 1. The number of benzene rings is 1. The number of thiazole rings is 1. The summed E-state index contributed by atoms with van der Waals surface area (Å²) in [4.78, 5) is 10.4. The van der Waals surface area contributed by atoms with Crippen molar-refractivity contribution in [3.05, 3.63) is 46.4 Å². The van der Waals surface area contributed by atoms with E-state index >= 15 is 0 Å². The van der Waals surface area contributed by atoms with Crippen LogP contribution in [0.15, 0.2) is 29.9 Å². The van der Waals surface area contributed by atoms with Crippen molar-refractivity contribution in [3.63, 3.8) is 0 Å². The van der Waals surface area contributed by atoms with E-state index in [1.54, 1.807) is 22.9 Å². The van der Waals surface area contributed by atoms with E-state index in [0.29, 0.717) is 22.9 Å². The van der Waals surface area contributed by atoms with Crippen molar-refractivity contribution in [2.24, 2.45) is 0 Å². The van der Waals surface area contributed by atoms with Gasteiger partial charge in [0.05, 0.1) is 33.3 Å². The second-order valence-corrected chi connectivity index (χ2v) is 9.07. The van der Waals surface area contributed by atoms with Gasteiger partial charge in [0, 0.05) is 22.2 Å². The Hall–Kier alpha value is -2.16. The Morgan fingerprint density at radius 2 is 2.07 bits per heavy atom. The smallest absolute Gasteiger partial charge is 0.165 e. The fourth-order valence-corrected chi connectivity index (χ4v) is 5.77. The van der Waals surface area contributed by atoms with Crippen LogP contribution in [0.1, 0.15) is 30.6 Å². The number of hydrogen-bond acceptors (Lipinski definition) is 6. The van der Waals surface area contributed by atoms with Crippen molar-refractivity contribution in [1.82, 2.24) is 15.3 Å². The van der Waals surface area contributed by atoms with Crippen LogP contribution in [0.25, 0.3) is 20.4 Å². The number of thiophene rings is 1. The molecule has 144 valence electrons. The highest BCUT2D eigenvalue weighted by atomic mass is 32.1. The summed E-state index contributed by atoms with van der Waals surface area (Å²) >= 11 is 2.96. The molecule has 2 atom stereocenters. The summed E-state index contributed by atoms with van der Waals surface area (Å²) in [7, 11) is 0. The van der Waals surface area contributed by atoms with Crippen LogP contribution in [0, 0.1) is 11.6 Å². The van der Waals surface area contributed by atoms with Crippen molar-refractivity contribution >= 4 is 54.5 Å². The zero-order chi connectivity index (χ0) is 19.3. The predicted molar refractivity (Wildman–Crippen MR) is 112 cm³/mol. The number of halogens is 2. The number of fused-ring (bicyclic) bond motifs is 2. The molecule has 3 aromatic heterocycles. The summed E-state index contributed by atoms with van der Waals surface area (Å²) in [5.74, 6) is -0.543. The summed E-state index contributed by atoms with van der Waals surface area (Å²) < 4.78 is 29.9. The van der Waals surface area contributed by atoms with E-state index in [2.05, 4.69) is 27.5 Å². The Morgan fingerprint density at radius 1 is 1.18 bits per heavy atom. The van der Waals surface area contributed by atoms with E-state index in [1.807, 2.05) is 6.07 Å². The number of nitrogens with zero attached hydrogens (tertiary/aromatic N) is 2. The van der Waals surface area contributed by atoms with Crippen LogP contribution in [0.2, 0.25) is 0 Å². The lowest BCUT2D eigenvalue weighted by Crippen LogP contribution is -2.37. The van der Waals surface area contributed by atoms with Crippen LogP contribution in [-0.4, -0.2) is 22.6 Å². The molecule has 0 amide bonds. The van der Waals surface area contributed by atoms with Gasteiger partial charge in [-0.3, -0.25) is 0 Å². The Morgan fingerprint density at radius 3 is 2.93 bits per heavy atom. The van der Waals surface area contributed by atoms with Gasteiger partial charge in [-0.05, 0) is 44.5 Å². The van der Waals surface area contributed by atoms with Crippen molar-refractivity contribution in [1.29, 1.82) is 0 Å². The Kier molecular flexibility index (Phi) is 4.49. The van der Waals surface area contributed by atoms with Crippen LogP contribution in [0.3, 0.4) is 0 Å². The summed E-state index contributed by atoms with van der Waals surface area (Å²) in [5, 5.41) is 7.15. The molecule has 0 saturated carbocycles. The molecule has 2 N–H and O–H groups in total. The Labute approximate surface area is 168 Å². The number of anilines is 2. The molecule has 4 aromatic rings. The summed E-state index contributed by atoms with van der Waals surface area (Å²) in [6.45, 7) is 3.21. The first-order chi connectivity index (χ1) is 13.6. The number of aromatic nitrogens is 2. The van der Waals surface area contributed by atoms with Gasteiger partial charge in [0.15, 0.2) is 5.82 Å². The van der Waals surface area contributed by atoms with Crippen molar-refractivity contribution in [2.75, 3.05) is 11.9 Å². The van der Waals surface area contributed by atoms with Crippen molar-refractivity contribution in [2.45, 2.75) is 31.7 Å². The van der Waals surface area contributed by atoms with E-state index in [-0.39, 0.29) is 11.4 Å². The fourth-order valence-electron chi connectivity index (χ4n) is 3.84. The van der Waals surface area contributed by atoms with E-state index in [0.717, 1.165) is 28.9 Å². The van der Waals surface area contributed by atoms with Crippen LogP contribution in [0.4, 0.5) is 20.2 Å². The molecule has 0 bridgehead atoms. The van der Waals surface area contributed by atoms with Crippen LogP contribution in [-0.2, 0) is 0 Å². The first-order valence-electron chi connectivity index (χ1n) is 9.21. The number of rotatable bonds is 3. The molecule has 8 heteroatoms. The second kappa shape index (κ2) is 7.02. The lowest BCUT2D eigenvalue weighted by atomic mass is 9.90. The quantitative estimate of drug-likeness (QED) is 0.444. The van der Waals surface area contributed by atoms with E-state index in [1.165, 1.54) is 28.5 Å². The molecule has 1 aliphatic heterocycles. The zero-order valence-electron chi connectivity index (χ0n) is 15.1. The standard InChI is InChI=1S/C20H18F2N4S2/c1-10-11(3-2-4-23-10)17-5-12-19(14(22)8-24-20(12)28-17)26-15-7-16-18(6-13(15)21)27-9-25-16/h5-11,23H,2-4H2,1H3,(H,24,26)/t10-,11+/m1/s1. The van der Waals surface area contributed by atoms with Gasteiger partial charge < -0.3 is 10.6 Å². The minimum atomic E-state index is -0.496. The van der Waals surface area contributed by atoms with E-state index in [4.69, 9.17) is 0 Å². The van der Waals surface area contributed by atoms with Crippen LogP contribution in [0.5, 0.6) is 0 Å². The van der Waals surface area contributed by atoms with E-state index in [9.17, 15) is 8.78 Å². The zero-order valence-corrected chi connectivity index (χ0v) is 16.8. The molecular formula is C20H18F2N4S2. The Balaban J connectivity index is 1.58. The summed E-state index contributed by atoms with van der Waals surface area (Å²) in [6, 6.07) is 5.42. The molecule has 1 fully saturated rings. The van der Waals surface area contributed by atoms with Gasteiger partial charge in [-0.2, -0.15) is 0 Å². The van der Waals surface area contributed by atoms with E-state index < -0.39 is 11.6 Å². The highest BCUT2D eigenvalue weighted by Gasteiger charge is 2.25. The third kappa shape index (κ3) is 3.05. The first kappa shape index (κ1) is 17.9. The maximum absolute atomic E-state index is 14.7. The largest absolute Gasteiger partial charge is 0.350 e. The van der Waals surface area contributed by atoms with Gasteiger partial charge >= 0.3 is 0 Å². The lowest BCUT2D eigenvalue weighted by molar-refractivity contribution is 0.375. The molecule has 4 nitrogen and oxygen atoms in total.